The number of likely N-dealkylation sites (tertiary alicyclic amines) is 1. The maximum absolute atomic E-state index is 11.1. The zero-order chi connectivity index (χ0) is 19.5. The van der Waals surface area contributed by atoms with Crippen LogP contribution < -0.4 is 0 Å². The molecule has 0 radical (unpaired) electrons. The first-order valence-electron chi connectivity index (χ1n) is 10.2. The summed E-state index contributed by atoms with van der Waals surface area (Å²) in [5, 5.41) is 1.34. The summed E-state index contributed by atoms with van der Waals surface area (Å²) >= 11 is 0. The number of fused-ring (bicyclic) bond motifs is 1. The van der Waals surface area contributed by atoms with Crippen molar-refractivity contribution >= 4 is 22.8 Å². The molecule has 3 nitrogen and oxygen atoms in total. The van der Waals surface area contributed by atoms with Crippen LogP contribution in [0.25, 0.3) is 22.7 Å². The van der Waals surface area contributed by atoms with E-state index in [2.05, 4.69) is 71.1 Å². The molecule has 0 aliphatic carbocycles. The number of rotatable bonds is 6. The zero-order valence-corrected chi connectivity index (χ0v) is 16.8. The largest absolute Gasteiger partial charge is 0.316 e. The molecule has 2 heterocycles. The Bertz CT molecular complexity index is 997. The van der Waals surface area contributed by atoms with Gasteiger partial charge in [0, 0.05) is 29.9 Å². The van der Waals surface area contributed by atoms with E-state index in [4.69, 9.17) is 0 Å². The molecular weight excluding hydrogens is 344 g/mol. The second kappa shape index (κ2) is 8.15. The fourth-order valence-corrected chi connectivity index (χ4v) is 4.21. The summed E-state index contributed by atoms with van der Waals surface area (Å²) in [6.07, 6.45) is 9.50. The third kappa shape index (κ3) is 3.95. The molecule has 4 rings (SSSR count). The Kier molecular flexibility index (Phi) is 5.45. The van der Waals surface area contributed by atoms with Crippen LogP contribution in [0.1, 0.15) is 37.8 Å². The summed E-state index contributed by atoms with van der Waals surface area (Å²) < 4.78 is 2.29. The molecule has 0 amide bonds. The van der Waals surface area contributed by atoms with E-state index in [-0.39, 0.29) is 5.78 Å². The van der Waals surface area contributed by atoms with E-state index in [9.17, 15) is 4.79 Å². The van der Waals surface area contributed by atoms with Crippen molar-refractivity contribution in [3.63, 3.8) is 0 Å². The molecule has 3 aromatic rings. The number of carbonyl (C=O) groups excluding carboxylic acids is 1. The molecule has 1 aliphatic heterocycles. The van der Waals surface area contributed by atoms with E-state index in [1.165, 1.54) is 35.9 Å². The van der Waals surface area contributed by atoms with Crippen LogP contribution in [0.3, 0.4) is 0 Å². The van der Waals surface area contributed by atoms with Crippen LogP contribution in [0.4, 0.5) is 0 Å². The van der Waals surface area contributed by atoms with Gasteiger partial charge in [-0.1, -0.05) is 36.4 Å². The maximum atomic E-state index is 11.1. The third-order valence-corrected chi connectivity index (χ3v) is 5.84. The number of carbonyl (C=O) groups is 1. The Hall–Kier alpha value is -2.65. The van der Waals surface area contributed by atoms with Gasteiger partial charge in [-0.15, -0.1) is 0 Å². The van der Waals surface area contributed by atoms with E-state index < -0.39 is 0 Å². The van der Waals surface area contributed by atoms with Crippen molar-refractivity contribution in [1.82, 2.24) is 9.47 Å². The third-order valence-electron chi connectivity index (χ3n) is 5.84. The number of hydrogen-bond acceptors (Lipinski definition) is 2. The summed E-state index contributed by atoms with van der Waals surface area (Å²) in [6, 6.07) is 17.8. The van der Waals surface area contributed by atoms with Crippen molar-refractivity contribution in [2.45, 2.75) is 39.2 Å². The molecule has 0 spiro atoms. The second-order valence-electron chi connectivity index (χ2n) is 7.85. The Labute approximate surface area is 167 Å². The standard InChI is InChI=1S/C25H28N2O/c1-19-6-5-16-26(19)17-15-22-18-27(25-8-4-3-7-24(22)25)23-13-11-21(12-14-23)10-9-20(2)28/h3-4,7-14,18-19H,5-6,15-17H2,1-2H3/b10-9+. The average molecular weight is 373 g/mol. The summed E-state index contributed by atoms with van der Waals surface area (Å²) in [6.45, 7) is 6.28. The molecule has 1 saturated heterocycles. The molecule has 3 heteroatoms. The number of nitrogens with zero attached hydrogens (tertiary/aromatic N) is 2. The number of benzene rings is 2. The fourth-order valence-electron chi connectivity index (χ4n) is 4.21. The molecule has 28 heavy (non-hydrogen) atoms. The van der Waals surface area contributed by atoms with Gasteiger partial charge in [-0.25, -0.2) is 0 Å². The van der Waals surface area contributed by atoms with Crippen molar-refractivity contribution in [1.29, 1.82) is 0 Å². The molecule has 1 atom stereocenters. The first-order valence-corrected chi connectivity index (χ1v) is 10.2. The predicted molar refractivity (Wildman–Crippen MR) is 117 cm³/mol. The minimum Gasteiger partial charge on any atom is -0.316 e. The highest BCUT2D eigenvalue weighted by atomic mass is 16.1. The molecule has 1 aliphatic rings. The molecule has 2 aromatic carbocycles. The molecule has 144 valence electrons. The quantitative estimate of drug-likeness (QED) is 0.552. The van der Waals surface area contributed by atoms with Crippen LogP contribution in [0.2, 0.25) is 0 Å². The lowest BCUT2D eigenvalue weighted by Gasteiger charge is -2.20. The van der Waals surface area contributed by atoms with Gasteiger partial charge in [0.05, 0.1) is 5.52 Å². The van der Waals surface area contributed by atoms with E-state index in [0.717, 1.165) is 24.2 Å². The van der Waals surface area contributed by atoms with Crippen LogP contribution in [0.15, 0.2) is 60.8 Å². The number of hydrogen-bond donors (Lipinski definition) is 0. The lowest BCUT2D eigenvalue weighted by Crippen LogP contribution is -2.28. The Morgan fingerprint density at radius 1 is 1.14 bits per heavy atom. The Morgan fingerprint density at radius 3 is 2.64 bits per heavy atom. The van der Waals surface area contributed by atoms with Crippen molar-refractivity contribution in [3.05, 3.63) is 71.9 Å². The van der Waals surface area contributed by atoms with Crippen LogP contribution in [-0.2, 0) is 11.2 Å². The van der Waals surface area contributed by atoms with Gasteiger partial charge >= 0.3 is 0 Å². The van der Waals surface area contributed by atoms with Gasteiger partial charge in [-0.2, -0.15) is 0 Å². The minimum atomic E-state index is 0.0671. The average Bonchev–Trinajstić information content (AvgIpc) is 3.28. The summed E-state index contributed by atoms with van der Waals surface area (Å²) in [4.78, 5) is 13.8. The van der Waals surface area contributed by atoms with E-state index in [1.54, 1.807) is 13.0 Å². The summed E-state index contributed by atoms with van der Waals surface area (Å²) in [5.74, 6) is 0.0671. The molecule has 1 unspecified atom stereocenters. The molecule has 1 aromatic heterocycles. The number of aromatic nitrogens is 1. The molecule has 0 N–H and O–H groups in total. The molecule has 0 bridgehead atoms. The number of ketones is 1. The highest BCUT2D eigenvalue weighted by molar-refractivity contribution is 5.91. The van der Waals surface area contributed by atoms with Crippen LogP contribution in [-0.4, -0.2) is 34.4 Å². The molecule has 1 fully saturated rings. The van der Waals surface area contributed by atoms with Gasteiger partial charge in [0.2, 0.25) is 0 Å². The van der Waals surface area contributed by atoms with Crippen LogP contribution in [0.5, 0.6) is 0 Å². The van der Waals surface area contributed by atoms with Crippen molar-refractivity contribution in [2.75, 3.05) is 13.1 Å². The van der Waals surface area contributed by atoms with Crippen LogP contribution in [0, 0.1) is 0 Å². The van der Waals surface area contributed by atoms with Gasteiger partial charge in [0.1, 0.15) is 0 Å². The highest BCUT2D eigenvalue weighted by Gasteiger charge is 2.20. The first-order chi connectivity index (χ1) is 13.6. The highest BCUT2D eigenvalue weighted by Crippen LogP contribution is 2.26. The van der Waals surface area contributed by atoms with Crippen molar-refractivity contribution in [2.24, 2.45) is 0 Å². The van der Waals surface area contributed by atoms with Gasteiger partial charge in [-0.3, -0.25) is 4.79 Å². The maximum Gasteiger partial charge on any atom is 0.152 e. The Balaban J connectivity index is 1.61. The van der Waals surface area contributed by atoms with Gasteiger partial charge < -0.3 is 9.47 Å². The molecule has 0 saturated carbocycles. The minimum absolute atomic E-state index is 0.0671. The smallest absolute Gasteiger partial charge is 0.152 e. The van der Waals surface area contributed by atoms with Gasteiger partial charge in [0.25, 0.3) is 0 Å². The summed E-state index contributed by atoms with van der Waals surface area (Å²) in [5.41, 5.74) is 4.85. The van der Waals surface area contributed by atoms with Crippen molar-refractivity contribution in [3.8, 4) is 5.69 Å². The first kappa shape index (κ1) is 18.7. The Morgan fingerprint density at radius 2 is 1.93 bits per heavy atom. The number of para-hydroxylation sites is 1. The zero-order valence-electron chi connectivity index (χ0n) is 16.8. The fraction of sp³-hybridized carbons (Fsp3) is 0.320. The topological polar surface area (TPSA) is 25.2 Å². The van der Waals surface area contributed by atoms with Crippen LogP contribution >= 0.6 is 0 Å². The SMILES string of the molecule is CC(=O)/C=C/c1ccc(-n2cc(CCN3CCCC3C)c3ccccc32)cc1. The predicted octanol–water partition coefficient (Wildman–Crippen LogP) is 5.26. The molecular formula is C25H28N2O. The van der Waals surface area contributed by atoms with E-state index >= 15 is 0 Å². The normalized spacial score (nSPS) is 17.7. The van der Waals surface area contributed by atoms with E-state index in [0.29, 0.717) is 6.04 Å². The number of allylic oxidation sites excluding steroid dienone is 1. The lowest BCUT2D eigenvalue weighted by atomic mass is 10.1. The van der Waals surface area contributed by atoms with Gasteiger partial charge in [-0.05, 0) is 75.1 Å². The monoisotopic (exact) mass is 372 g/mol. The van der Waals surface area contributed by atoms with Gasteiger partial charge in [0.15, 0.2) is 5.78 Å². The van der Waals surface area contributed by atoms with E-state index in [1.807, 2.05) is 6.08 Å². The lowest BCUT2D eigenvalue weighted by molar-refractivity contribution is -0.112. The second-order valence-corrected chi connectivity index (χ2v) is 7.85. The van der Waals surface area contributed by atoms with Crippen molar-refractivity contribution < 1.29 is 4.79 Å². The summed E-state index contributed by atoms with van der Waals surface area (Å²) in [7, 11) is 0.